The van der Waals surface area contributed by atoms with Crippen molar-refractivity contribution in [2.45, 2.75) is 6.61 Å². The fourth-order valence-corrected chi connectivity index (χ4v) is 4.39. The van der Waals surface area contributed by atoms with Crippen LogP contribution in [0.1, 0.15) is 36.6 Å². The minimum Gasteiger partial charge on any atom is -0.496 e. The van der Waals surface area contributed by atoms with Crippen LogP contribution in [0.25, 0.3) is 0 Å². The first-order chi connectivity index (χ1) is 16.1. The Morgan fingerprint density at radius 1 is 0.824 bits per heavy atom. The molecule has 11 heteroatoms. The van der Waals surface area contributed by atoms with Crippen LogP contribution in [0.15, 0.2) is 42.5 Å². The molecule has 0 radical (unpaired) electrons. The molecule has 1 heterocycles. The zero-order chi connectivity index (χ0) is 24.7. The molecule has 3 aromatic carbocycles. The largest absolute Gasteiger partial charge is 0.496 e. The normalized spacial score (nSPS) is 12.7. The minimum absolute atomic E-state index is 0.0102. The molecule has 174 valence electrons. The van der Waals surface area contributed by atoms with Crippen LogP contribution >= 0.6 is 58.0 Å². The quantitative estimate of drug-likeness (QED) is 0.246. The SMILES string of the molecule is COc1cc(N2C(=O)c3cc(Cl)c(Cl)cc3C2=O)c(Cl)cc1C(=O)OCc1ccc(Cl)cc1Cl. The highest BCUT2D eigenvalue weighted by molar-refractivity contribution is 6.45. The summed E-state index contributed by atoms with van der Waals surface area (Å²) in [6, 6.07) is 9.97. The van der Waals surface area contributed by atoms with Gasteiger partial charge >= 0.3 is 5.97 Å². The molecule has 3 aromatic rings. The summed E-state index contributed by atoms with van der Waals surface area (Å²) in [5, 5.41) is 0.995. The fraction of sp³-hybridized carbons (Fsp3) is 0.0870. The molecule has 0 aliphatic carbocycles. The lowest BCUT2D eigenvalue weighted by Crippen LogP contribution is -2.29. The van der Waals surface area contributed by atoms with Gasteiger partial charge < -0.3 is 9.47 Å². The highest BCUT2D eigenvalue weighted by Crippen LogP contribution is 2.39. The van der Waals surface area contributed by atoms with Crippen LogP contribution in [-0.2, 0) is 11.3 Å². The summed E-state index contributed by atoms with van der Waals surface area (Å²) in [4.78, 5) is 39.5. The number of anilines is 1. The average Bonchev–Trinajstić information content (AvgIpc) is 3.02. The summed E-state index contributed by atoms with van der Waals surface area (Å²) in [7, 11) is 1.32. The lowest BCUT2D eigenvalue weighted by atomic mass is 10.1. The molecule has 0 atom stereocenters. The lowest BCUT2D eigenvalue weighted by molar-refractivity contribution is 0.0469. The molecule has 0 saturated carbocycles. The van der Waals surface area contributed by atoms with Crippen molar-refractivity contribution in [2.75, 3.05) is 12.0 Å². The standard InChI is InChI=1S/C23H12Cl5NO5/c1-33-20-8-19(29-21(30)12-5-16(26)17(27)6-13(12)22(29)31)18(28)7-14(20)23(32)34-9-10-2-3-11(24)4-15(10)25/h2-8H,9H2,1H3. The third-order valence-corrected chi connectivity index (χ3v) is 6.64. The molecule has 0 bridgehead atoms. The molecule has 0 aromatic heterocycles. The number of nitrogens with zero attached hydrogens (tertiary/aromatic N) is 1. The molecular formula is C23H12Cl5NO5. The van der Waals surface area contributed by atoms with Crippen molar-refractivity contribution in [3.63, 3.8) is 0 Å². The number of rotatable bonds is 5. The Labute approximate surface area is 218 Å². The van der Waals surface area contributed by atoms with Crippen molar-refractivity contribution >= 4 is 81.5 Å². The molecule has 0 saturated heterocycles. The minimum atomic E-state index is -0.753. The van der Waals surface area contributed by atoms with Gasteiger partial charge in [-0.25, -0.2) is 9.69 Å². The Hall–Kier alpha value is -2.48. The van der Waals surface area contributed by atoms with Gasteiger partial charge in [-0.2, -0.15) is 0 Å². The zero-order valence-electron chi connectivity index (χ0n) is 17.1. The van der Waals surface area contributed by atoms with Gasteiger partial charge in [0.1, 0.15) is 17.9 Å². The first-order valence-electron chi connectivity index (χ1n) is 9.48. The van der Waals surface area contributed by atoms with Crippen LogP contribution in [0.2, 0.25) is 25.1 Å². The number of halogens is 5. The molecule has 1 aliphatic rings. The van der Waals surface area contributed by atoms with E-state index in [1.54, 1.807) is 12.1 Å². The second kappa shape index (κ2) is 9.64. The molecule has 0 unspecified atom stereocenters. The van der Waals surface area contributed by atoms with E-state index in [1.165, 1.54) is 37.4 Å². The van der Waals surface area contributed by atoms with E-state index in [0.29, 0.717) is 15.6 Å². The predicted molar refractivity (Wildman–Crippen MR) is 131 cm³/mol. The van der Waals surface area contributed by atoms with Crippen molar-refractivity contribution < 1.29 is 23.9 Å². The monoisotopic (exact) mass is 557 g/mol. The number of methoxy groups -OCH3 is 1. The zero-order valence-corrected chi connectivity index (χ0v) is 20.9. The van der Waals surface area contributed by atoms with Gasteiger partial charge in [-0.15, -0.1) is 0 Å². The topological polar surface area (TPSA) is 72.9 Å². The first kappa shape index (κ1) is 24.6. The number of ether oxygens (including phenoxy) is 2. The lowest BCUT2D eigenvalue weighted by Gasteiger charge is -2.18. The number of benzene rings is 3. The summed E-state index contributed by atoms with van der Waals surface area (Å²) in [6.07, 6.45) is 0. The Balaban J connectivity index is 1.64. The van der Waals surface area contributed by atoms with Gasteiger partial charge in [0.2, 0.25) is 0 Å². The molecule has 4 rings (SSSR count). The van der Waals surface area contributed by atoms with Gasteiger partial charge in [-0.05, 0) is 30.3 Å². The van der Waals surface area contributed by atoms with E-state index in [0.717, 1.165) is 4.90 Å². The summed E-state index contributed by atoms with van der Waals surface area (Å²) >= 11 is 30.4. The van der Waals surface area contributed by atoms with Crippen molar-refractivity contribution in [3.05, 3.63) is 89.8 Å². The van der Waals surface area contributed by atoms with Crippen molar-refractivity contribution in [2.24, 2.45) is 0 Å². The number of hydrogen-bond acceptors (Lipinski definition) is 5. The Bertz CT molecular complexity index is 1330. The second-order valence-electron chi connectivity index (χ2n) is 7.07. The van der Waals surface area contributed by atoms with E-state index in [4.69, 9.17) is 67.5 Å². The van der Waals surface area contributed by atoms with Gasteiger partial charge in [0.05, 0.1) is 39.0 Å². The smallest absolute Gasteiger partial charge is 0.342 e. The Morgan fingerprint density at radius 3 is 2.00 bits per heavy atom. The molecule has 2 amide bonds. The van der Waals surface area contributed by atoms with Gasteiger partial charge in [0.25, 0.3) is 11.8 Å². The van der Waals surface area contributed by atoms with E-state index in [9.17, 15) is 14.4 Å². The molecule has 34 heavy (non-hydrogen) atoms. The van der Waals surface area contributed by atoms with Gasteiger partial charge in [0.15, 0.2) is 0 Å². The maximum absolute atomic E-state index is 12.9. The predicted octanol–water partition coefficient (Wildman–Crippen LogP) is 7.12. The number of amides is 2. The van der Waals surface area contributed by atoms with Gasteiger partial charge in [0, 0.05) is 21.7 Å². The van der Waals surface area contributed by atoms with E-state index in [1.807, 2.05) is 0 Å². The number of carbonyl (C=O) groups excluding carboxylic acids is 3. The Kier molecular flexibility index (Phi) is 6.99. The van der Waals surface area contributed by atoms with Crippen LogP contribution < -0.4 is 9.64 Å². The summed E-state index contributed by atoms with van der Waals surface area (Å²) in [6.45, 7) is -0.128. The van der Waals surface area contributed by atoms with Crippen LogP contribution in [0, 0.1) is 0 Å². The van der Waals surface area contributed by atoms with E-state index >= 15 is 0 Å². The number of imide groups is 1. The highest BCUT2D eigenvalue weighted by Gasteiger charge is 2.39. The number of carbonyl (C=O) groups is 3. The van der Waals surface area contributed by atoms with Crippen LogP contribution in [-0.4, -0.2) is 24.9 Å². The van der Waals surface area contributed by atoms with E-state index in [2.05, 4.69) is 0 Å². The van der Waals surface area contributed by atoms with Crippen molar-refractivity contribution in [3.8, 4) is 5.75 Å². The Morgan fingerprint density at radius 2 is 1.44 bits per heavy atom. The van der Waals surface area contributed by atoms with E-state index < -0.39 is 17.8 Å². The summed E-state index contributed by atoms with van der Waals surface area (Å²) in [5.41, 5.74) is 0.721. The maximum Gasteiger partial charge on any atom is 0.342 e. The van der Waals surface area contributed by atoms with E-state index in [-0.39, 0.29) is 49.8 Å². The van der Waals surface area contributed by atoms with Crippen molar-refractivity contribution in [1.82, 2.24) is 0 Å². The van der Waals surface area contributed by atoms with Crippen molar-refractivity contribution in [1.29, 1.82) is 0 Å². The van der Waals surface area contributed by atoms with Crippen LogP contribution in [0.3, 0.4) is 0 Å². The first-order valence-corrected chi connectivity index (χ1v) is 11.4. The number of fused-ring (bicyclic) bond motifs is 1. The van der Waals surface area contributed by atoms with Gasteiger partial charge in [-0.3, -0.25) is 9.59 Å². The third-order valence-electron chi connectivity index (χ3n) is 5.03. The number of esters is 1. The van der Waals surface area contributed by atoms with Crippen LogP contribution in [0.5, 0.6) is 5.75 Å². The summed E-state index contributed by atoms with van der Waals surface area (Å²) < 4.78 is 10.6. The maximum atomic E-state index is 12.9. The second-order valence-corrected chi connectivity index (χ2v) is 9.14. The molecule has 0 spiro atoms. The molecule has 0 fully saturated rings. The third kappa shape index (κ3) is 4.44. The van der Waals surface area contributed by atoms with Gasteiger partial charge in [-0.1, -0.05) is 64.1 Å². The van der Waals surface area contributed by atoms with Crippen LogP contribution in [0.4, 0.5) is 5.69 Å². The summed E-state index contributed by atoms with van der Waals surface area (Å²) in [5.74, 6) is -2.00. The average molecular weight is 560 g/mol. The highest BCUT2D eigenvalue weighted by atomic mass is 35.5. The molecule has 0 N–H and O–H groups in total. The number of hydrogen-bond donors (Lipinski definition) is 0. The fourth-order valence-electron chi connectivity index (χ4n) is 3.35. The molecule has 1 aliphatic heterocycles. The molecule has 6 nitrogen and oxygen atoms in total. The molecular weight excluding hydrogens is 548 g/mol.